The molecule has 0 aromatic heterocycles. The van der Waals surface area contributed by atoms with Crippen LogP contribution in [0.1, 0.15) is 61.6 Å². The maximum Gasteiger partial charge on any atom is 0.0977 e. The first kappa shape index (κ1) is 22.0. The van der Waals surface area contributed by atoms with Crippen molar-refractivity contribution in [2.75, 3.05) is 32.8 Å². The quantitative estimate of drug-likeness (QED) is 0.556. The van der Waals surface area contributed by atoms with Gasteiger partial charge in [0.1, 0.15) is 0 Å². The summed E-state index contributed by atoms with van der Waals surface area (Å²) in [6.45, 7) is 8.61. The fourth-order valence-electron chi connectivity index (χ4n) is 4.44. The molecule has 1 N–H and O–H groups in total. The van der Waals surface area contributed by atoms with E-state index in [-0.39, 0.29) is 5.92 Å². The van der Waals surface area contributed by atoms with Crippen LogP contribution in [0.2, 0.25) is 0 Å². The summed E-state index contributed by atoms with van der Waals surface area (Å²) in [5.41, 5.74) is 2.62. The lowest BCUT2D eigenvalue weighted by molar-refractivity contribution is -0.0296. The number of aryl methyl sites for hydroxylation is 1. The van der Waals surface area contributed by atoms with E-state index in [2.05, 4.69) is 73.3 Å². The molecule has 1 heterocycles. The Balaban J connectivity index is 1.94. The van der Waals surface area contributed by atoms with Gasteiger partial charge < -0.3 is 9.84 Å². The Kier molecular flexibility index (Phi) is 8.29. The molecule has 2 aromatic carbocycles. The van der Waals surface area contributed by atoms with Gasteiger partial charge in [0.05, 0.1) is 18.8 Å². The van der Waals surface area contributed by atoms with E-state index >= 15 is 0 Å². The Labute approximate surface area is 176 Å². The molecule has 29 heavy (non-hydrogen) atoms. The second-order valence-corrected chi connectivity index (χ2v) is 8.48. The van der Waals surface area contributed by atoms with E-state index in [1.54, 1.807) is 0 Å². The average molecular weight is 396 g/mol. The van der Waals surface area contributed by atoms with Gasteiger partial charge in [0.15, 0.2) is 0 Å². The normalized spacial score (nSPS) is 18.3. The Bertz CT molecular complexity index is 709. The molecule has 1 aliphatic rings. The summed E-state index contributed by atoms with van der Waals surface area (Å²) in [7, 11) is 0. The smallest absolute Gasteiger partial charge is 0.0977 e. The first-order valence-corrected chi connectivity index (χ1v) is 11.3. The van der Waals surface area contributed by atoms with Crippen LogP contribution >= 0.6 is 0 Å². The molecule has 3 heteroatoms. The van der Waals surface area contributed by atoms with Gasteiger partial charge in [-0.1, -0.05) is 92.8 Å². The van der Waals surface area contributed by atoms with Crippen molar-refractivity contribution in [1.29, 1.82) is 0 Å². The maximum atomic E-state index is 12.3. The third-order valence-electron chi connectivity index (χ3n) is 6.29. The Morgan fingerprint density at radius 1 is 0.966 bits per heavy atom. The number of aliphatic hydroxyl groups is 1. The van der Waals surface area contributed by atoms with E-state index in [1.165, 1.54) is 30.4 Å². The Morgan fingerprint density at radius 3 is 2.31 bits per heavy atom. The van der Waals surface area contributed by atoms with E-state index in [1.807, 2.05) is 0 Å². The van der Waals surface area contributed by atoms with Crippen molar-refractivity contribution in [2.45, 2.75) is 57.5 Å². The molecule has 1 saturated heterocycles. The van der Waals surface area contributed by atoms with Crippen LogP contribution in [0.5, 0.6) is 0 Å². The minimum atomic E-state index is -0.874. The fraction of sp³-hybridized carbons (Fsp3) is 0.538. The molecule has 0 aliphatic carbocycles. The van der Waals surface area contributed by atoms with Gasteiger partial charge in [-0.3, -0.25) is 4.90 Å². The molecule has 2 atom stereocenters. The molecular weight excluding hydrogens is 358 g/mol. The highest BCUT2D eigenvalue weighted by atomic mass is 16.5. The van der Waals surface area contributed by atoms with Crippen LogP contribution in [0, 0.1) is 6.92 Å². The lowest BCUT2D eigenvalue weighted by Gasteiger charge is -2.41. The summed E-state index contributed by atoms with van der Waals surface area (Å²) < 4.78 is 5.56. The van der Waals surface area contributed by atoms with Gasteiger partial charge in [0, 0.05) is 25.6 Å². The Hall–Kier alpha value is -1.68. The first-order valence-electron chi connectivity index (χ1n) is 11.3. The lowest BCUT2D eigenvalue weighted by atomic mass is 9.73. The van der Waals surface area contributed by atoms with Gasteiger partial charge in [0.2, 0.25) is 0 Å². The van der Waals surface area contributed by atoms with Crippen LogP contribution in [0.4, 0.5) is 0 Å². The highest BCUT2D eigenvalue weighted by Gasteiger charge is 2.40. The Morgan fingerprint density at radius 2 is 1.66 bits per heavy atom. The molecule has 2 aromatic rings. The molecule has 158 valence electrons. The van der Waals surface area contributed by atoms with Crippen LogP contribution in [0.25, 0.3) is 0 Å². The van der Waals surface area contributed by atoms with Crippen molar-refractivity contribution < 1.29 is 9.84 Å². The molecule has 3 rings (SSSR count). The predicted octanol–water partition coefficient (Wildman–Crippen LogP) is 5.27. The summed E-state index contributed by atoms with van der Waals surface area (Å²) in [5.74, 6) is 0.0335. The first-order chi connectivity index (χ1) is 14.1. The summed E-state index contributed by atoms with van der Waals surface area (Å²) >= 11 is 0. The van der Waals surface area contributed by atoms with Crippen LogP contribution < -0.4 is 0 Å². The SMILES string of the molecule is CCCCCC[C@@](O)(c1ccc(C)cc1)[C@H](CN1CCOCC1)c1ccccc1. The summed E-state index contributed by atoms with van der Waals surface area (Å²) in [4.78, 5) is 2.45. The highest BCUT2D eigenvalue weighted by Crippen LogP contribution is 2.42. The summed E-state index contributed by atoms with van der Waals surface area (Å²) in [6.07, 6.45) is 5.44. The number of hydrogen-bond donors (Lipinski definition) is 1. The van der Waals surface area contributed by atoms with Gasteiger partial charge >= 0.3 is 0 Å². The minimum Gasteiger partial charge on any atom is -0.384 e. The molecule has 0 unspecified atom stereocenters. The van der Waals surface area contributed by atoms with Gasteiger partial charge in [-0.15, -0.1) is 0 Å². The number of nitrogens with zero attached hydrogens (tertiary/aromatic N) is 1. The van der Waals surface area contributed by atoms with Crippen molar-refractivity contribution in [3.8, 4) is 0 Å². The zero-order valence-electron chi connectivity index (χ0n) is 18.1. The number of rotatable bonds is 10. The zero-order valence-corrected chi connectivity index (χ0v) is 18.1. The summed E-state index contributed by atoms with van der Waals surface area (Å²) in [6, 6.07) is 19.1. The second kappa shape index (κ2) is 10.9. The van der Waals surface area contributed by atoms with Gasteiger partial charge in [-0.25, -0.2) is 0 Å². The zero-order chi connectivity index (χ0) is 20.5. The third-order valence-corrected chi connectivity index (χ3v) is 6.29. The van der Waals surface area contributed by atoms with Crippen molar-refractivity contribution in [2.24, 2.45) is 0 Å². The second-order valence-electron chi connectivity index (χ2n) is 8.48. The molecule has 0 bridgehead atoms. The fourth-order valence-corrected chi connectivity index (χ4v) is 4.44. The number of hydrogen-bond acceptors (Lipinski definition) is 3. The molecule has 3 nitrogen and oxygen atoms in total. The molecule has 0 radical (unpaired) electrons. The van der Waals surface area contributed by atoms with Crippen LogP contribution in [0.3, 0.4) is 0 Å². The molecular formula is C26H37NO2. The standard InChI is InChI=1S/C26H37NO2/c1-3-4-5-9-16-26(28,24-14-12-22(2)13-15-24)25(23-10-7-6-8-11-23)21-27-17-19-29-20-18-27/h6-8,10-15,25,28H,3-5,9,16-21H2,1-2H3/t25-,26-/m1/s1. The predicted molar refractivity (Wildman–Crippen MR) is 120 cm³/mol. The molecule has 0 spiro atoms. The van der Waals surface area contributed by atoms with Crippen LogP contribution in [-0.4, -0.2) is 42.9 Å². The molecule has 1 aliphatic heterocycles. The number of ether oxygens (including phenoxy) is 1. The maximum absolute atomic E-state index is 12.3. The third kappa shape index (κ3) is 5.91. The van der Waals surface area contributed by atoms with Crippen molar-refractivity contribution in [3.63, 3.8) is 0 Å². The van der Waals surface area contributed by atoms with Crippen LogP contribution in [-0.2, 0) is 10.3 Å². The number of benzene rings is 2. The van der Waals surface area contributed by atoms with Gasteiger partial charge in [-0.2, -0.15) is 0 Å². The topological polar surface area (TPSA) is 32.7 Å². The average Bonchev–Trinajstić information content (AvgIpc) is 2.77. The molecule has 0 amide bonds. The van der Waals surface area contributed by atoms with E-state index < -0.39 is 5.60 Å². The number of morpholine rings is 1. The van der Waals surface area contributed by atoms with Gasteiger partial charge in [0.25, 0.3) is 0 Å². The van der Waals surface area contributed by atoms with E-state index in [0.29, 0.717) is 0 Å². The lowest BCUT2D eigenvalue weighted by Crippen LogP contribution is -2.45. The molecule has 0 saturated carbocycles. The minimum absolute atomic E-state index is 0.0335. The van der Waals surface area contributed by atoms with Crippen molar-refractivity contribution in [3.05, 3.63) is 71.3 Å². The monoisotopic (exact) mass is 395 g/mol. The van der Waals surface area contributed by atoms with E-state index in [4.69, 9.17) is 4.74 Å². The van der Waals surface area contributed by atoms with Gasteiger partial charge in [-0.05, 0) is 24.5 Å². The van der Waals surface area contributed by atoms with Crippen molar-refractivity contribution in [1.82, 2.24) is 4.90 Å². The van der Waals surface area contributed by atoms with Crippen LogP contribution in [0.15, 0.2) is 54.6 Å². The summed E-state index contributed by atoms with van der Waals surface area (Å²) in [5, 5.41) is 12.3. The highest BCUT2D eigenvalue weighted by molar-refractivity contribution is 5.33. The van der Waals surface area contributed by atoms with E-state index in [9.17, 15) is 5.11 Å². The molecule has 1 fully saturated rings. The number of unbranched alkanes of at least 4 members (excludes halogenated alkanes) is 3. The van der Waals surface area contributed by atoms with E-state index in [0.717, 1.165) is 51.3 Å². The van der Waals surface area contributed by atoms with Crippen molar-refractivity contribution >= 4 is 0 Å². The largest absolute Gasteiger partial charge is 0.384 e.